The summed E-state index contributed by atoms with van der Waals surface area (Å²) in [6.45, 7) is 4.10. The molecule has 3 aromatic rings. The summed E-state index contributed by atoms with van der Waals surface area (Å²) in [5.41, 5.74) is 1.43. The number of alkyl halides is 1. The molecule has 1 aromatic heterocycles. The molecule has 0 fully saturated rings. The first kappa shape index (κ1) is 19.3. The van der Waals surface area contributed by atoms with Crippen LogP contribution in [0.3, 0.4) is 0 Å². The molecule has 1 atom stereocenters. The largest absolute Gasteiger partial charge is 0.323 e. The van der Waals surface area contributed by atoms with Crippen LogP contribution in [0.1, 0.15) is 26.3 Å². The number of aromatic amines is 2. The van der Waals surface area contributed by atoms with Crippen molar-refractivity contribution in [3.63, 3.8) is 0 Å². The molecule has 3 rings (SSSR count). The van der Waals surface area contributed by atoms with E-state index in [2.05, 4.69) is 14.7 Å². The van der Waals surface area contributed by atoms with Gasteiger partial charge in [0.25, 0.3) is 0 Å². The molecule has 0 unspecified atom stereocenters. The molecule has 0 saturated carbocycles. The molecule has 0 aliphatic heterocycles. The molecule has 6 nitrogen and oxygen atoms in total. The Morgan fingerprint density at radius 3 is 2.26 bits per heavy atom. The van der Waals surface area contributed by atoms with E-state index in [0.717, 1.165) is 11.1 Å². The van der Waals surface area contributed by atoms with Crippen LogP contribution in [0.5, 0.6) is 0 Å². The number of hydrogen-bond acceptors (Lipinski definition) is 3. The van der Waals surface area contributed by atoms with E-state index in [1.54, 1.807) is 44.2 Å². The first-order chi connectivity index (χ1) is 12.6. The first-order valence-electron chi connectivity index (χ1n) is 8.59. The molecule has 8 heteroatoms. The summed E-state index contributed by atoms with van der Waals surface area (Å²) in [5, 5.41) is -0.620. The van der Waals surface area contributed by atoms with E-state index >= 15 is 0 Å². The summed E-state index contributed by atoms with van der Waals surface area (Å²) in [4.78, 5) is 16.8. The number of sulfonamides is 1. The van der Waals surface area contributed by atoms with Gasteiger partial charge in [0, 0.05) is 6.54 Å². The third-order valence-corrected chi connectivity index (χ3v) is 6.35. The van der Waals surface area contributed by atoms with E-state index in [-0.39, 0.29) is 12.2 Å². The van der Waals surface area contributed by atoms with Crippen molar-refractivity contribution in [1.29, 1.82) is 0 Å². The first-order valence-corrected chi connectivity index (χ1v) is 10.1. The fraction of sp³-hybridized carbons (Fsp3) is 0.316. The minimum atomic E-state index is -3.53. The smallest absolute Gasteiger partial charge is 0.306 e. The van der Waals surface area contributed by atoms with Crippen molar-refractivity contribution >= 4 is 21.1 Å². The summed E-state index contributed by atoms with van der Waals surface area (Å²) in [6.07, 6.45) is 0. The van der Waals surface area contributed by atoms with Crippen molar-refractivity contribution in [3.05, 3.63) is 58.5 Å². The molecule has 0 radical (unpaired) electrons. The minimum Gasteiger partial charge on any atom is -0.306 e. The Labute approximate surface area is 156 Å². The Kier molecular flexibility index (Phi) is 4.96. The van der Waals surface area contributed by atoms with Crippen LogP contribution < -0.4 is 10.4 Å². The van der Waals surface area contributed by atoms with Crippen LogP contribution >= 0.6 is 0 Å². The zero-order valence-electron chi connectivity index (χ0n) is 15.3. The van der Waals surface area contributed by atoms with Crippen LogP contribution in [-0.2, 0) is 15.7 Å². The summed E-state index contributed by atoms with van der Waals surface area (Å²) in [6, 6.07) is 12.3. The Bertz CT molecular complexity index is 1110. The normalized spacial score (nSPS) is 14.6. The number of aromatic nitrogens is 2. The second-order valence-electron chi connectivity index (χ2n) is 7.03. The van der Waals surface area contributed by atoms with Gasteiger partial charge in [0.05, 0.1) is 16.3 Å². The van der Waals surface area contributed by atoms with Crippen LogP contribution in [0.4, 0.5) is 4.39 Å². The number of halogens is 1. The van der Waals surface area contributed by atoms with E-state index in [9.17, 15) is 17.6 Å². The van der Waals surface area contributed by atoms with E-state index in [4.69, 9.17) is 0 Å². The molecule has 2 aromatic carbocycles. The maximum atomic E-state index is 15.0. The maximum absolute atomic E-state index is 15.0. The second-order valence-corrected chi connectivity index (χ2v) is 9.35. The molecule has 1 heterocycles. The fourth-order valence-corrected chi connectivity index (χ4v) is 3.53. The topological polar surface area (TPSA) is 94.8 Å². The zero-order valence-corrected chi connectivity index (χ0v) is 16.2. The van der Waals surface area contributed by atoms with Crippen LogP contribution in [0, 0.1) is 0 Å². The molecule has 0 aliphatic carbocycles. The van der Waals surface area contributed by atoms with Crippen molar-refractivity contribution in [2.45, 2.75) is 31.7 Å². The van der Waals surface area contributed by atoms with Crippen LogP contribution in [0.15, 0.2) is 47.3 Å². The van der Waals surface area contributed by atoms with Gasteiger partial charge in [0.15, 0.2) is 0 Å². The van der Waals surface area contributed by atoms with Crippen molar-refractivity contribution in [1.82, 2.24) is 14.7 Å². The lowest BCUT2D eigenvalue weighted by Crippen LogP contribution is -2.39. The third kappa shape index (κ3) is 4.12. The molecule has 0 spiro atoms. The standard InChI is InChI=1S/C19H22FN3O3S/c1-12(2)27(25,26)21-11-19(3,20)15-7-4-13(5-8-15)14-6-9-16-17(10-14)23-18(24)22-16/h4-10,12,21H,11H2,1-3H3,(H2,22,23,24)/t19-/m0/s1. The van der Waals surface area contributed by atoms with Gasteiger partial charge in [0.1, 0.15) is 5.67 Å². The van der Waals surface area contributed by atoms with Gasteiger partial charge >= 0.3 is 5.69 Å². The van der Waals surface area contributed by atoms with E-state index in [1.165, 1.54) is 6.92 Å². The molecular formula is C19H22FN3O3S. The number of imidazole rings is 1. The second kappa shape index (κ2) is 6.94. The average molecular weight is 391 g/mol. The van der Waals surface area contributed by atoms with Crippen molar-refractivity contribution in [2.75, 3.05) is 6.54 Å². The Hall–Kier alpha value is -2.45. The van der Waals surface area contributed by atoms with Crippen LogP contribution in [-0.4, -0.2) is 30.2 Å². The van der Waals surface area contributed by atoms with Gasteiger partial charge in [-0.25, -0.2) is 22.3 Å². The lowest BCUT2D eigenvalue weighted by atomic mass is 9.95. The van der Waals surface area contributed by atoms with E-state index < -0.39 is 20.9 Å². The molecular weight excluding hydrogens is 369 g/mol. The Morgan fingerprint density at radius 1 is 1.04 bits per heavy atom. The van der Waals surface area contributed by atoms with Crippen molar-refractivity contribution < 1.29 is 12.8 Å². The summed E-state index contributed by atoms with van der Waals surface area (Å²) in [7, 11) is -3.53. The zero-order chi connectivity index (χ0) is 19.8. The van der Waals surface area contributed by atoms with Crippen molar-refractivity contribution in [2.24, 2.45) is 0 Å². The third-order valence-electron chi connectivity index (χ3n) is 4.56. The maximum Gasteiger partial charge on any atom is 0.323 e. The fourth-order valence-electron chi connectivity index (χ4n) is 2.73. The molecule has 0 bridgehead atoms. The highest BCUT2D eigenvalue weighted by Crippen LogP contribution is 2.29. The molecule has 0 aliphatic rings. The van der Waals surface area contributed by atoms with Gasteiger partial charge in [-0.05, 0) is 49.6 Å². The number of benzene rings is 2. The van der Waals surface area contributed by atoms with Crippen LogP contribution in [0.2, 0.25) is 0 Å². The van der Waals surface area contributed by atoms with E-state index in [1.807, 2.05) is 12.1 Å². The average Bonchev–Trinajstić information content (AvgIpc) is 2.99. The minimum absolute atomic E-state index is 0.269. The van der Waals surface area contributed by atoms with Crippen molar-refractivity contribution in [3.8, 4) is 11.1 Å². The van der Waals surface area contributed by atoms with Gasteiger partial charge in [-0.3, -0.25) is 0 Å². The molecule has 0 saturated heterocycles. The molecule has 144 valence electrons. The van der Waals surface area contributed by atoms with Crippen LogP contribution in [0.25, 0.3) is 22.2 Å². The number of rotatable bonds is 6. The van der Waals surface area contributed by atoms with Gasteiger partial charge < -0.3 is 9.97 Å². The number of nitrogens with one attached hydrogen (secondary N) is 3. The highest BCUT2D eigenvalue weighted by molar-refractivity contribution is 7.90. The van der Waals surface area contributed by atoms with Gasteiger partial charge in [-0.1, -0.05) is 30.3 Å². The summed E-state index contributed by atoms with van der Waals surface area (Å²) >= 11 is 0. The SMILES string of the molecule is CC(C)S(=O)(=O)NC[C@](C)(F)c1ccc(-c2ccc3[nH]c(=O)[nH]c3c2)cc1. The Balaban J connectivity index is 1.81. The number of H-pyrrole nitrogens is 2. The number of fused-ring (bicyclic) bond motifs is 1. The number of hydrogen-bond donors (Lipinski definition) is 3. The van der Waals surface area contributed by atoms with Gasteiger partial charge in [-0.15, -0.1) is 0 Å². The predicted molar refractivity (Wildman–Crippen MR) is 105 cm³/mol. The molecule has 27 heavy (non-hydrogen) atoms. The monoisotopic (exact) mass is 391 g/mol. The lowest BCUT2D eigenvalue weighted by molar-refractivity contribution is 0.196. The summed E-state index contributed by atoms with van der Waals surface area (Å²) in [5.74, 6) is 0. The Morgan fingerprint density at radius 2 is 1.63 bits per heavy atom. The van der Waals surface area contributed by atoms with Gasteiger partial charge in [0.2, 0.25) is 10.0 Å². The summed E-state index contributed by atoms with van der Waals surface area (Å²) < 4.78 is 41.0. The highest BCUT2D eigenvalue weighted by Gasteiger charge is 2.29. The van der Waals surface area contributed by atoms with Gasteiger partial charge in [-0.2, -0.15) is 0 Å². The molecule has 0 amide bonds. The predicted octanol–water partition coefficient (Wildman–Crippen LogP) is 3.04. The van der Waals surface area contributed by atoms with E-state index in [0.29, 0.717) is 16.6 Å². The lowest BCUT2D eigenvalue weighted by Gasteiger charge is -2.22. The quantitative estimate of drug-likeness (QED) is 0.603. The highest BCUT2D eigenvalue weighted by atomic mass is 32.2. The molecule has 3 N–H and O–H groups in total.